The minimum Gasteiger partial charge on any atom is -0.366 e. The zero-order valence-corrected chi connectivity index (χ0v) is 18.2. The maximum Gasteiger partial charge on any atom is 0.267 e. The lowest BCUT2D eigenvalue weighted by molar-refractivity contribution is -0.124. The second-order valence-electron chi connectivity index (χ2n) is 6.63. The quantitative estimate of drug-likeness (QED) is 0.347. The third kappa shape index (κ3) is 6.34. The van der Waals surface area contributed by atoms with Gasteiger partial charge in [-0.2, -0.15) is 0 Å². The van der Waals surface area contributed by atoms with Crippen molar-refractivity contribution in [2.45, 2.75) is 18.9 Å². The van der Waals surface area contributed by atoms with Gasteiger partial charge in [0.15, 0.2) is 0 Å². The van der Waals surface area contributed by atoms with Gasteiger partial charge in [0.05, 0.1) is 5.02 Å². The van der Waals surface area contributed by atoms with Crippen molar-refractivity contribution in [2.24, 2.45) is 0 Å². The highest BCUT2D eigenvalue weighted by Gasteiger charge is 2.24. The van der Waals surface area contributed by atoms with E-state index >= 15 is 0 Å². The predicted molar refractivity (Wildman–Crippen MR) is 119 cm³/mol. The summed E-state index contributed by atoms with van der Waals surface area (Å²) in [7, 11) is 0. The SMILES string of the molecule is Cl.O=C(/C=C/c1cnc(NC2CCN(C(=O)c3ccc(Cl)cc3)CC2)c(Cl)c1)NO. The number of piperidine rings is 1. The van der Waals surface area contributed by atoms with Crippen molar-refractivity contribution in [3.8, 4) is 0 Å². The fourth-order valence-corrected chi connectivity index (χ4v) is 3.41. The van der Waals surface area contributed by atoms with Crippen LogP contribution in [0, 0.1) is 0 Å². The molecule has 10 heteroatoms. The molecule has 2 amide bonds. The van der Waals surface area contributed by atoms with Crippen LogP contribution in [0.25, 0.3) is 6.08 Å². The Kier molecular flexibility index (Phi) is 8.92. The van der Waals surface area contributed by atoms with Crippen LogP contribution in [-0.4, -0.2) is 46.0 Å². The Bertz CT molecular complexity index is 914. The van der Waals surface area contributed by atoms with E-state index in [-0.39, 0.29) is 24.4 Å². The lowest BCUT2D eigenvalue weighted by Gasteiger charge is -2.33. The third-order valence-electron chi connectivity index (χ3n) is 4.61. The highest BCUT2D eigenvalue weighted by atomic mass is 35.5. The van der Waals surface area contributed by atoms with Crippen molar-refractivity contribution in [3.05, 3.63) is 63.8 Å². The van der Waals surface area contributed by atoms with E-state index in [9.17, 15) is 9.59 Å². The summed E-state index contributed by atoms with van der Waals surface area (Å²) in [6.07, 6.45) is 5.79. The zero-order chi connectivity index (χ0) is 20.8. The van der Waals surface area contributed by atoms with Gasteiger partial charge in [-0.1, -0.05) is 23.2 Å². The molecule has 1 aliphatic rings. The summed E-state index contributed by atoms with van der Waals surface area (Å²) in [5, 5.41) is 12.8. The van der Waals surface area contributed by atoms with Gasteiger partial charge in [0.25, 0.3) is 11.8 Å². The first-order valence-electron chi connectivity index (χ1n) is 9.05. The van der Waals surface area contributed by atoms with E-state index in [2.05, 4.69) is 10.3 Å². The first-order chi connectivity index (χ1) is 14.0. The summed E-state index contributed by atoms with van der Waals surface area (Å²) in [5.41, 5.74) is 2.78. The number of likely N-dealkylation sites (tertiary alicyclic amines) is 1. The molecule has 2 heterocycles. The van der Waals surface area contributed by atoms with Crippen LogP contribution < -0.4 is 10.8 Å². The summed E-state index contributed by atoms with van der Waals surface area (Å²) in [4.78, 5) is 29.7. The summed E-state index contributed by atoms with van der Waals surface area (Å²) < 4.78 is 0. The van der Waals surface area contributed by atoms with Gasteiger partial charge in [-0.3, -0.25) is 14.8 Å². The predicted octanol–water partition coefficient (Wildman–Crippen LogP) is 4.05. The molecule has 3 N–H and O–H groups in total. The average molecular weight is 472 g/mol. The third-order valence-corrected chi connectivity index (χ3v) is 5.15. The second kappa shape index (κ2) is 11.2. The van der Waals surface area contributed by atoms with E-state index < -0.39 is 5.91 Å². The fourth-order valence-electron chi connectivity index (χ4n) is 3.05. The van der Waals surface area contributed by atoms with Crippen LogP contribution in [0.5, 0.6) is 0 Å². The average Bonchev–Trinajstić information content (AvgIpc) is 2.74. The Morgan fingerprint density at radius 1 is 1.17 bits per heavy atom. The number of nitrogens with zero attached hydrogens (tertiary/aromatic N) is 2. The highest BCUT2D eigenvalue weighted by Crippen LogP contribution is 2.24. The van der Waals surface area contributed by atoms with Gasteiger partial charge in [0, 0.05) is 42.0 Å². The molecule has 2 aromatic rings. The number of halogens is 3. The van der Waals surface area contributed by atoms with Crippen molar-refractivity contribution in [2.75, 3.05) is 18.4 Å². The number of benzene rings is 1. The second-order valence-corrected chi connectivity index (χ2v) is 7.47. The molecule has 160 valence electrons. The lowest BCUT2D eigenvalue weighted by atomic mass is 10.0. The van der Waals surface area contributed by atoms with E-state index in [0.29, 0.717) is 40.1 Å². The van der Waals surface area contributed by atoms with Gasteiger partial charge in [-0.15, -0.1) is 12.4 Å². The summed E-state index contributed by atoms with van der Waals surface area (Å²) in [6, 6.07) is 8.72. The largest absolute Gasteiger partial charge is 0.366 e. The smallest absolute Gasteiger partial charge is 0.267 e. The molecule has 0 aliphatic carbocycles. The van der Waals surface area contributed by atoms with Crippen LogP contribution in [0.3, 0.4) is 0 Å². The minimum atomic E-state index is -0.636. The van der Waals surface area contributed by atoms with E-state index in [0.717, 1.165) is 12.8 Å². The number of hydroxylamine groups is 1. The van der Waals surface area contributed by atoms with Crippen LogP contribution >= 0.6 is 35.6 Å². The number of amides is 2. The van der Waals surface area contributed by atoms with Crippen molar-refractivity contribution in [1.29, 1.82) is 0 Å². The number of hydrogen-bond donors (Lipinski definition) is 3. The molecule has 1 fully saturated rings. The molecular weight excluding hydrogens is 451 g/mol. The number of aromatic nitrogens is 1. The Morgan fingerprint density at radius 3 is 2.43 bits per heavy atom. The summed E-state index contributed by atoms with van der Waals surface area (Å²) in [6.45, 7) is 1.27. The van der Waals surface area contributed by atoms with Crippen LogP contribution in [0.1, 0.15) is 28.8 Å². The molecular formula is C20H21Cl3N4O3. The van der Waals surface area contributed by atoms with Gasteiger partial charge in [-0.05, 0) is 54.8 Å². The van der Waals surface area contributed by atoms with Crippen LogP contribution in [0.15, 0.2) is 42.6 Å². The normalized spacial score (nSPS) is 14.3. The molecule has 3 rings (SSSR count). The Labute approximate surface area is 190 Å². The number of rotatable bonds is 5. The van der Waals surface area contributed by atoms with Gasteiger partial charge in [0.1, 0.15) is 5.82 Å². The molecule has 0 unspecified atom stereocenters. The van der Waals surface area contributed by atoms with E-state index in [1.54, 1.807) is 36.5 Å². The number of anilines is 1. The van der Waals surface area contributed by atoms with E-state index in [1.807, 2.05) is 4.90 Å². The molecule has 1 aromatic heterocycles. The zero-order valence-electron chi connectivity index (χ0n) is 15.8. The number of hydrogen-bond acceptors (Lipinski definition) is 5. The molecule has 0 spiro atoms. The monoisotopic (exact) mass is 470 g/mol. The van der Waals surface area contributed by atoms with Crippen molar-refractivity contribution in [3.63, 3.8) is 0 Å². The van der Waals surface area contributed by atoms with Crippen LogP contribution in [-0.2, 0) is 4.79 Å². The standard InChI is InChI=1S/C20H20Cl2N4O3.ClH/c21-15-4-2-14(3-5-15)20(28)26-9-7-16(8-10-26)24-19-17(22)11-13(12-23-19)1-6-18(27)25-29;/h1-6,11-12,16,29H,7-10H2,(H,23,24)(H,25,27);1H/b6-1+;. The lowest BCUT2D eigenvalue weighted by Crippen LogP contribution is -2.42. The molecule has 1 aliphatic heterocycles. The van der Waals surface area contributed by atoms with Crippen LogP contribution in [0.4, 0.5) is 5.82 Å². The molecule has 0 atom stereocenters. The van der Waals surface area contributed by atoms with E-state index in [4.69, 9.17) is 28.4 Å². The first kappa shape index (κ1) is 24.0. The Balaban J connectivity index is 0.00000320. The molecule has 0 bridgehead atoms. The Hall–Kier alpha value is -2.32. The highest BCUT2D eigenvalue weighted by molar-refractivity contribution is 6.33. The van der Waals surface area contributed by atoms with Gasteiger partial charge in [-0.25, -0.2) is 10.5 Å². The van der Waals surface area contributed by atoms with Crippen molar-refractivity contribution in [1.82, 2.24) is 15.4 Å². The fraction of sp³-hybridized carbons (Fsp3) is 0.250. The van der Waals surface area contributed by atoms with Gasteiger partial charge >= 0.3 is 0 Å². The molecule has 1 aromatic carbocycles. The maximum absolute atomic E-state index is 12.6. The number of carbonyl (C=O) groups is 2. The number of nitrogens with one attached hydrogen (secondary N) is 2. The summed E-state index contributed by atoms with van der Waals surface area (Å²) in [5.74, 6) is -0.0829. The van der Waals surface area contributed by atoms with Gasteiger partial charge < -0.3 is 10.2 Å². The molecule has 1 saturated heterocycles. The van der Waals surface area contributed by atoms with Crippen molar-refractivity contribution >= 4 is 59.3 Å². The first-order valence-corrected chi connectivity index (χ1v) is 9.81. The van der Waals surface area contributed by atoms with Crippen LogP contribution in [0.2, 0.25) is 10.0 Å². The number of pyridine rings is 1. The number of carbonyl (C=O) groups excluding carboxylic acids is 2. The topological polar surface area (TPSA) is 94.6 Å². The summed E-state index contributed by atoms with van der Waals surface area (Å²) >= 11 is 12.2. The minimum absolute atomic E-state index is 0. The van der Waals surface area contributed by atoms with E-state index in [1.165, 1.54) is 17.6 Å². The van der Waals surface area contributed by atoms with Gasteiger partial charge in [0.2, 0.25) is 0 Å². The molecule has 7 nitrogen and oxygen atoms in total. The Morgan fingerprint density at radius 2 is 1.83 bits per heavy atom. The van der Waals surface area contributed by atoms with Crippen molar-refractivity contribution < 1.29 is 14.8 Å². The maximum atomic E-state index is 12.6. The molecule has 0 saturated carbocycles. The molecule has 30 heavy (non-hydrogen) atoms. The molecule has 0 radical (unpaired) electrons.